The molecule has 0 N–H and O–H groups in total. The van der Waals surface area contributed by atoms with Crippen LogP contribution in [0.2, 0.25) is 18.1 Å². The highest BCUT2D eigenvalue weighted by Crippen LogP contribution is 2.37. The SMILES string of the molecule is CCc1c(OC)nc(OC)nc1C(C#N)c1cc(C)cc(CO[Si](C)(C)C(C)(C)C)c1. The molecule has 0 saturated heterocycles. The number of hydrogen-bond acceptors (Lipinski definition) is 6. The van der Waals surface area contributed by atoms with E-state index in [2.05, 4.69) is 62.0 Å². The quantitative estimate of drug-likeness (QED) is 0.500. The predicted molar refractivity (Wildman–Crippen MR) is 125 cm³/mol. The number of aryl methyl sites for hydroxylation is 1. The lowest BCUT2D eigenvalue weighted by atomic mass is 9.91. The topological polar surface area (TPSA) is 77.3 Å². The molecular weight excluding hydrogens is 406 g/mol. The molecule has 0 aliphatic rings. The van der Waals surface area contributed by atoms with Gasteiger partial charge in [0.1, 0.15) is 5.92 Å². The molecule has 0 spiro atoms. The highest BCUT2D eigenvalue weighted by molar-refractivity contribution is 6.74. The van der Waals surface area contributed by atoms with E-state index in [1.54, 1.807) is 7.11 Å². The molecular formula is C24H35N3O3Si. The van der Waals surface area contributed by atoms with E-state index >= 15 is 0 Å². The highest BCUT2D eigenvalue weighted by atomic mass is 28.4. The number of aromatic nitrogens is 2. The van der Waals surface area contributed by atoms with Crippen LogP contribution in [-0.2, 0) is 17.5 Å². The second-order valence-corrected chi connectivity index (χ2v) is 14.1. The summed E-state index contributed by atoms with van der Waals surface area (Å²) in [6.45, 7) is 15.7. The largest absolute Gasteiger partial charge is 0.481 e. The van der Waals surface area contributed by atoms with Crippen molar-refractivity contribution in [2.24, 2.45) is 0 Å². The Balaban J connectivity index is 2.49. The summed E-state index contributed by atoms with van der Waals surface area (Å²) >= 11 is 0. The minimum Gasteiger partial charge on any atom is -0.481 e. The van der Waals surface area contributed by atoms with Crippen molar-refractivity contribution in [1.29, 1.82) is 5.26 Å². The Kier molecular flexibility index (Phi) is 7.85. The molecule has 0 fully saturated rings. The van der Waals surface area contributed by atoms with E-state index in [-0.39, 0.29) is 11.0 Å². The third-order valence-electron chi connectivity index (χ3n) is 6.01. The van der Waals surface area contributed by atoms with Gasteiger partial charge < -0.3 is 13.9 Å². The first kappa shape index (κ1) is 24.8. The van der Waals surface area contributed by atoms with E-state index in [0.29, 0.717) is 24.6 Å². The number of hydrogen-bond donors (Lipinski definition) is 0. The third-order valence-corrected chi connectivity index (χ3v) is 10.5. The molecule has 0 aliphatic heterocycles. The number of benzene rings is 1. The molecule has 0 radical (unpaired) electrons. The van der Waals surface area contributed by atoms with Crippen LogP contribution in [-0.4, -0.2) is 32.5 Å². The van der Waals surface area contributed by atoms with Gasteiger partial charge in [-0.15, -0.1) is 0 Å². The molecule has 2 aromatic rings. The smallest absolute Gasteiger partial charge is 0.319 e. The second kappa shape index (κ2) is 9.80. The van der Waals surface area contributed by atoms with Crippen molar-refractivity contribution in [3.8, 4) is 18.0 Å². The monoisotopic (exact) mass is 441 g/mol. The number of nitriles is 1. The van der Waals surface area contributed by atoms with E-state index in [0.717, 1.165) is 22.3 Å². The van der Waals surface area contributed by atoms with Crippen LogP contribution in [0.25, 0.3) is 0 Å². The third kappa shape index (κ3) is 5.63. The number of nitrogens with zero attached hydrogens (tertiary/aromatic N) is 3. The molecule has 0 amide bonds. The molecule has 0 aliphatic carbocycles. The van der Waals surface area contributed by atoms with Crippen LogP contribution in [0.1, 0.15) is 61.6 Å². The first-order valence-electron chi connectivity index (χ1n) is 10.6. The fraction of sp³-hybridized carbons (Fsp3) is 0.542. The Morgan fingerprint density at radius 1 is 1.10 bits per heavy atom. The van der Waals surface area contributed by atoms with E-state index in [4.69, 9.17) is 13.9 Å². The van der Waals surface area contributed by atoms with Gasteiger partial charge in [0.2, 0.25) is 5.88 Å². The Hall–Kier alpha value is -2.43. The summed E-state index contributed by atoms with van der Waals surface area (Å²) < 4.78 is 17.1. The summed E-state index contributed by atoms with van der Waals surface area (Å²) in [6, 6.07) is 8.82. The van der Waals surface area contributed by atoms with Crippen molar-refractivity contribution >= 4 is 8.32 Å². The van der Waals surface area contributed by atoms with Crippen LogP contribution in [0, 0.1) is 18.3 Å². The van der Waals surface area contributed by atoms with Gasteiger partial charge >= 0.3 is 6.01 Å². The zero-order chi connectivity index (χ0) is 23.4. The van der Waals surface area contributed by atoms with Crippen molar-refractivity contribution in [2.75, 3.05) is 14.2 Å². The summed E-state index contributed by atoms with van der Waals surface area (Å²) in [7, 11) is 1.19. The first-order valence-corrected chi connectivity index (χ1v) is 13.5. The maximum Gasteiger partial charge on any atom is 0.319 e. The average molecular weight is 442 g/mol. The van der Waals surface area contributed by atoms with Gasteiger partial charge in [0.15, 0.2) is 8.32 Å². The molecule has 1 heterocycles. The molecule has 1 atom stereocenters. The number of ether oxygens (including phenoxy) is 2. The minimum atomic E-state index is -1.88. The van der Waals surface area contributed by atoms with Gasteiger partial charge in [-0.2, -0.15) is 15.2 Å². The van der Waals surface area contributed by atoms with Crippen LogP contribution in [0.5, 0.6) is 11.9 Å². The normalized spacial score (nSPS) is 12.9. The van der Waals surface area contributed by atoms with Crippen molar-refractivity contribution < 1.29 is 13.9 Å². The van der Waals surface area contributed by atoms with Crippen molar-refractivity contribution in [3.05, 3.63) is 46.1 Å². The van der Waals surface area contributed by atoms with Gasteiger partial charge in [0.05, 0.1) is 32.6 Å². The lowest BCUT2D eigenvalue weighted by Crippen LogP contribution is -2.40. The minimum absolute atomic E-state index is 0.138. The summed E-state index contributed by atoms with van der Waals surface area (Å²) in [6.07, 6.45) is 0.647. The lowest BCUT2D eigenvalue weighted by Gasteiger charge is -2.36. The van der Waals surface area contributed by atoms with Crippen LogP contribution < -0.4 is 9.47 Å². The zero-order valence-corrected chi connectivity index (χ0v) is 21.3. The molecule has 1 unspecified atom stereocenters. The second-order valence-electron chi connectivity index (χ2n) is 9.30. The van der Waals surface area contributed by atoms with Gasteiger partial charge in [0.25, 0.3) is 0 Å². The number of rotatable bonds is 8. The predicted octanol–water partition coefficient (Wildman–Crippen LogP) is 5.54. The highest BCUT2D eigenvalue weighted by Gasteiger charge is 2.37. The van der Waals surface area contributed by atoms with Gasteiger partial charge in [-0.3, -0.25) is 0 Å². The van der Waals surface area contributed by atoms with Crippen LogP contribution in [0.3, 0.4) is 0 Å². The summed E-state index contributed by atoms with van der Waals surface area (Å²) in [5.74, 6) is -0.119. The average Bonchev–Trinajstić information content (AvgIpc) is 2.71. The lowest BCUT2D eigenvalue weighted by molar-refractivity contribution is 0.276. The van der Waals surface area contributed by atoms with Crippen LogP contribution in [0.15, 0.2) is 18.2 Å². The Labute approximate surface area is 187 Å². The van der Waals surface area contributed by atoms with Gasteiger partial charge in [-0.25, -0.2) is 0 Å². The molecule has 31 heavy (non-hydrogen) atoms. The first-order chi connectivity index (χ1) is 14.5. The van der Waals surface area contributed by atoms with Crippen molar-refractivity contribution in [3.63, 3.8) is 0 Å². The molecule has 6 nitrogen and oxygen atoms in total. The van der Waals surface area contributed by atoms with E-state index < -0.39 is 14.2 Å². The van der Waals surface area contributed by atoms with Crippen molar-refractivity contribution in [1.82, 2.24) is 9.97 Å². The Bertz CT molecular complexity index is 962. The Morgan fingerprint density at radius 2 is 1.77 bits per heavy atom. The molecule has 1 aromatic carbocycles. The fourth-order valence-electron chi connectivity index (χ4n) is 3.21. The zero-order valence-electron chi connectivity index (χ0n) is 20.3. The van der Waals surface area contributed by atoms with Gasteiger partial charge in [-0.1, -0.05) is 51.5 Å². The van der Waals surface area contributed by atoms with Crippen LogP contribution >= 0.6 is 0 Å². The van der Waals surface area contributed by atoms with Gasteiger partial charge in [0, 0.05) is 5.56 Å². The summed E-state index contributed by atoms with van der Waals surface area (Å²) in [4.78, 5) is 8.82. The molecule has 168 valence electrons. The standard InChI is InChI=1S/C24H35N3O3Si/c1-10-19-21(26-23(29-7)27-22(19)28-6)20(14-25)18-12-16(2)11-17(13-18)15-30-31(8,9)24(3,4)5/h11-13,20H,10,15H2,1-9H3. The molecule has 0 saturated carbocycles. The molecule has 0 bridgehead atoms. The maximum absolute atomic E-state index is 10.1. The molecule has 2 rings (SSSR count). The van der Waals surface area contributed by atoms with E-state index in [1.807, 2.05) is 19.9 Å². The fourth-order valence-corrected chi connectivity index (χ4v) is 4.17. The van der Waals surface area contributed by atoms with E-state index in [9.17, 15) is 5.26 Å². The molecule has 7 heteroatoms. The molecule has 1 aromatic heterocycles. The summed E-state index contributed by atoms with van der Waals surface area (Å²) in [5, 5.41) is 10.2. The van der Waals surface area contributed by atoms with Crippen molar-refractivity contribution in [2.45, 2.75) is 71.7 Å². The van der Waals surface area contributed by atoms with Crippen LogP contribution in [0.4, 0.5) is 0 Å². The summed E-state index contributed by atoms with van der Waals surface area (Å²) in [5.41, 5.74) is 4.46. The number of methoxy groups -OCH3 is 2. The van der Waals surface area contributed by atoms with Gasteiger partial charge in [-0.05, 0) is 42.6 Å². The van der Waals surface area contributed by atoms with E-state index in [1.165, 1.54) is 7.11 Å². The maximum atomic E-state index is 10.1. The Morgan fingerprint density at radius 3 is 2.29 bits per heavy atom.